The van der Waals surface area contributed by atoms with E-state index in [1.807, 2.05) is 13.8 Å². The van der Waals surface area contributed by atoms with Gasteiger partial charge in [-0.15, -0.1) is 0 Å². The maximum Gasteiger partial charge on any atom is 0.255 e. The molecule has 1 aromatic carbocycles. The van der Waals surface area contributed by atoms with Crippen LogP contribution in [0.4, 0.5) is 5.69 Å². The molecule has 0 spiro atoms. The Kier molecular flexibility index (Phi) is 6.06. The molecule has 0 aromatic heterocycles. The third kappa shape index (κ3) is 4.69. The lowest BCUT2D eigenvalue weighted by Gasteiger charge is -2.08. The fraction of sp³-hybridized carbons (Fsp3) is 0.133. The molecule has 1 rings (SSSR count). The molecule has 0 saturated carbocycles. The quantitative estimate of drug-likeness (QED) is 0.598. The third-order valence-electron chi connectivity index (χ3n) is 2.45. The average Bonchev–Trinajstić information content (AvgIpc) is 2.39. The third-order valence-corrected chi connectivity index (χ3v) is 3.38. The van der Waals surface area contributed by atoms with Gasteiger partial charge in [-0.2, -0.15) is 0 Å². The molecule has 0 heterocycles. The van der Waals surface area contributed by atoms with Gasteiger partial charge in [0.1, 0.15) is 0 Å². The Balaban J connectivity index is 2.95. The van der Waals surface area contributed by atoms with Crippen molar-refractivity contribution >= 4 is 39.1 Å². The molecular formula is C15H15BrClNO. The molecule has 0 aliphatic carbocycles. The van der Waals surface area contributed by atoms with Gasteiger partial charge >= 0.3 is 0 Å². The molecule has 1 amide bonds. The lowest BCUT2D eigenvalue weighted by atomic mass is 10.1. The van der Waals surface area contributed by atoms with Crippen LogP contribution < -0.4 is 5.32 Å². The zero-order valence-electron chi connectivity index (χ0n) is 10.8. The molecular weight excluding hydrogens is 326 g/mol. The summed E-state index contributed by atoms with van der Waals surface area (Å²) in [7, 11) is 0. The van der Waals surface area contributed by atoms with Crippen LogP contribution in [0.3, 0.4) is 0 Å². The van der Waals surface area contributed by atoms with Gasteiger partial charge in [0, 0.05) is 15.1 Å². The van der Waals surface area contributed by atoms with E-state index in [1.54, 1.807) is 36.4 Å². The molecule has 0 saturated heterocycles. The van der Waals surface area contributed by atoms with Crippen molar-refractivity contribution in [1.29, 1.82) is 0 Å². The maximum atomic E-state index is 12.1. The normalized spacial score (nSPS) is 12.2. The van der Waals surface area contributed by atoms with Gasteiger partial charge in [0.2, 0.25) is 0 Å². The van der Waals surface area contributed by atoms with E-state index < -0.39 is 0 Å². The molecule has 1 aromatic rings. The highest BCUT2D eigenvalue weighted by molar-refractivity contribution is 9.10. The number of carbonyl (C=O) groups is 1. The Morgan fingerprint density at radius 2 is 2.16 bits per heavy atom. The van der Waals surface area contributed by atoms with Gasteiger partial charge < -0.3 is 5.32 Å². The molecule has 19 heavy (non-hydrogen) atoms. The lowest BCUT2D eigenvalue weighted by molar-refractivity contribution is -0.112. The number of rotatable bonds is 4. The number of halogens is 2. The highest BCUT2D eigenvalue weighted by Crippen LogP contribution is 2.26. The van der Waals surface area contributed by atoms with E-state index in [9.17, 15) is 4.79 Å². The van der Waals surface area contributed by atoms with Crippen molar-refractivity contribution in [3.8, 4) is 0 Å². The van der Waals surface area contributed by atoms with Crippen LogP contribution >= 0.6 is 27.5 Å². The predicted molar refractivity (Wildman–Crippen MR) is 85.5 cm³/mol. The van der Waals surface area contributed by atoms with Crippen LogP contribution in [0.25, 0.3) is 0 Å². The zero-order valence-corrected chi connectivity index (χ0v) is 13.2. The molecule has 2 nitrogen and oxygen atoms in total. The molecule has 0 radical (unpaired) electrons. The SMILES string of the molecule is C=C/C(C)=C\C(=C/C)C(=O)Nc1cc(Cl)ccc1Br. The number of nitrogens with one attached hydrogen (secondary N) is 1. The minimum atomic E-state index is -0.188. The Morgan fingerprint density at radius 3 is 2.74 bits per heavy atom. The first-order valence-electron chi connectivity index (χ1n) is 5.71. The van der Waals surface area contributed by atoms with Crippen LogP contribution in [0.2, 0.25) is 5.02 Å². The van der Waals surface area contributed by atoms with Crippen molar-refractivity contribution in [2.45, 2.75) is 13.8 Å². The Hall–Kier alpha value is -1.32. The van der Waals surface area contributed by atoms with Crippen molar-refractivity contribution in [3.05, 3.63) is 63.6 Å². The Morgan fingerprint density at radius 1 is 1.47 bits per heavy atom. The standard InChI is InChI=1S/C15H15BrClNO/c1-4-10(3)8-11(5-2)15(19)18-14-9-12(17)6-7-13(14)16/h4-9H,1H2,2-3H3,(H,18,19)/b10-8-,11-5+. The van der Waals surface area contributed by atoms with Gasteiger partial charge in [-0.3, -0.25) is 4.79 Å². The summed E-state index contributed by atoms with van der Waals surface area (Å²) >= 11 is 9.28. The van der Waals surface area contributed by atoms with Gasteiger partial charge in [0.25, 0.3) is 5.91 Å². The smallest absolute Gasteiger partial charge is 0.255 e. The van der Waals surface area contributed by atoms with Gasteiger partial charge in [0.15, 0.2) is 0 Å². The minimum Gasteiger partial charge on any atom is -0.321 e. The highest BCUT2D eigenvalue weighted by atomic mass is 79.9. The number of benzene rings is 1. The Bertz CT molecular complexity index is 561. The molecule has 4 heteroatoms. The summed E-state index contributed by atoms with van der Waals surface area (Å²) in [6.07, 6.45) is 5.23. The molecule has 0 aliphatic rings. The summed E-state index contributed by atoms with van der Waals surface area (Å²) in [4.78, 5) is 12.1. The number of anilines is 1. The zero-order chi connectivity index (χ0) is 14.4. The van der Waals surface area contributed by atoms with E-state index in [0.717, 1.165) is 10.0 Å². The van der Waals surface area contributed by atoms with Crippen molar-refractivity contribution in [2.75, 3.05) is 5.32 Å². The monoisotopic (exact) mass is 339 g/mol. The molecule has 0 fully saturated rings. The molecule has 0 unspecified atom stereocenters. The van der Waals surface area contributed by atoms with E-state index in [2.05, 4.69) is 27.8 Å². The van der Waals surface area contributed by atoms with E-state index >= 15 is 0 Å². The van der Waals surface area contributed by atoms with Gasteiger partial charge in [0.05, 0.1) is 5.69 Å². The topological polar surface area (TPSA) is 29.1 Å². The molecule has 0 aliphatic heterocycles. The first kappa shape index (κ1) is 15.7. The highest BCUT2D eigenvalue weighted by Gasteiger charge is 2.09. The summed E-state index contributed by atoms with van der Waals surface area (Å²) < 4.78 is 0.783. The van der Waals surface area contributed by atoms with Crippen LogP contribution in [0, 0.1) is 0 Å². The van der Waals surface area contributed by atoms with Crippen LogP contribution in [0.1, 0.15) is 13.8 Å². The summed E-state index contributed by atoms with van der Waals surface area (Å²) in [6, 6.07) is 5.23. The van der Waals surface area contributed by atoms with Crippen LogP contribution in [0.5, 0.6) is 0 Å². The predicted octanol–water partition coefficient (Wildman–Crippen LogP) is 5.12. The minimum absolute atomic E-state index is 0.188. The van der Waals surface area contributed by atoms with Gasteiger partial charge in [-0.1, -0.05) is 35.9 Å². The van der Waals surface area contributed by atoms with Crippen molar-refractivity contribution in [1.82, 2.24) is 0 Å². The molecule has 100 valence electrons. The number of carbonyl (C=O) groups excluding carboxylic acids is 1. The molecule has 1 N–H and O–H groups in total. The van der Waals surface area contributed by atoms with E-state index in [0.29, 0.717) is 16.3 Å². The second-order valence-corrected chi connectivity index (χ2v) is 5.21. The average molecular weight is 341 g/mol. The van der Waals surface area contributed by atoms with E-state index in [-0.39, 0.29) is 5.91 Å². The lowest BCUT2D eigenvalue weighted by Crippen LogP contribution is -2.13. The van der Waals surface area contributed by atoms with E-state index in [1.165, 1.54) is 0 Å². The summed E-state index contributed by atoms with van der Waals surface area (Å²) in [5, 5.41) is 3.38. The summed E-state index contributed by atoms with van der Waals surface area (Å²) in [5.74, 6) is -0.188. The number of amides is 1. The van der Waals surface area contributed by atoms with E-state index in [4.69, 9.17) is 11.6 Å². The van der Waals surface area contributed by atoms with Crippen LogP contribution in [-0.2, 0) is 4.79 Å². The molecule has 0 atom stereocenters. The largest absolute Gasteiger partial charge is 0.321 e. The first-order valence-corrected chi connectivity index (χ1v) is 6.88. The number of allylic oxidation sites excluding steroid dienone is 3. The van der Waals surface area contributed by atoms with Crippen molar-refractivity contribution < 1.29 is 4.79 Å². The van der Waals surface area contributed by atoms with Crippen molar-refractivity contribution in [2.24, 2.45) is 0 Å². The Labute approximate surface area is 127 Å². The fourth-order valence-corrected chi connectivity index (χ4v) is 1.89. The van der Waals surface area contributed by atoms with Crippen LogP contribution in [-0.4, -0.2) is 5.91 Å². The summed E-state index contributed by atoms with van der Waals surface area (Å²) in [6.45, 7) is 7.37. The van der Waals surface area contributed by atoms with Gasteiger partial charge in [-0.25, -0.2) is 0 Å². The summed E-state index contributed by atoms with van der Waals surface area (Å²) in [5.41, 5.74) is 2.14. The number of hydrogen-bond acceptors (Lipinski definition) is 1. The fourth-order valence-electron chi connectivity index (χ4n) is 1.37. The van der Waals surface area contributed by atoms with Crippen molar-refractivity contribution in [3.63, 3.8) is 0 Å². The number of hydrogen-bond donors (Lipinski definition) is 1. The van der Waals surface area contributed by atoms with Gasteiger partial charge in [-0.05, 0) is 54.1 Å². The second kappa shape index (κ2) is 7.31. The van der Waals surface area contributed by atoms with Crippen LogP contribution in [0.15, 0.2) is 58.6 Å². The first-order chi connectivity index (χ1) is 8.97. The molecule has 0 bridgehead atoms. The second-order valence-electron chi connectivity index (χ2n) is 3.91. The maximum absolute atomic E-state index is 12.1.